The van der Waals surface area contributed by atoms with E-state index in [1.807, 2.05) is 27.8 Å². The Morgan fingerprint density at radius 3 is 2.70 bits per heavy atom. The number of amidine groups is 1. The Kier molecular flexibility index (Phi) is 6.56. The van der Waals surface area contributed by atoms with Crippen LogP contribution in [0.4, 0.5) is 15.8 Å². The van der Waals surface area contributed by atoms with E-state index in [-0.39, 0.29) is 17.8 Å². The van der Waals surface area contributed by atoms with Crippen molar-refractivity contribution in [1.82, 2.24) is 19.4 Å². The molecule has 1 saturated carbocycles. The highest BCUT2D eigenvalue weighted by atomic mass is 35.5. The quantitative estimate of drug-likeness (QED) is 0.237. The van der Waals surface area contributed by atoms with E-state index in [0.29, 0.717) is 16.6 Å². The summed E-state index contributed by atoms with van der Waals surface area (Å²) in [7, 11) is 0. The number of ether oxygens (including phenoxy) is 1. The summed E-state index contributed by atoms with van der Waals surface area (Å²) in [5, 5.41) is 13.2. The van der Waals surface area contributed by atoms with Crippen molar-refractivity contribution in [1.29, 1.82) is 0 Å². The number of nitrogens with one attached hydrogen (secondary N) is 1. The molecule has 1 aliphatic heterocycles. The molecule has 4 heterocycles. The summed E-state index contributed by atoms with van der Waals surface area (Å²) in [5.41, 5.74) is 11.1. The molecular weight excluding hydrogens is 493 g/mol. The normalized spacial score (nSPS) is 19.1. The average Bonchev–Trinajstić information content (AvgIpc) is 3.68. The van der Waals surface area contributed by atoms with Gasteiger partial charge in [-0.2, -0.15) is 10.2 Å². The Balaban J connectivity index is 1.40. The average molecular weight is 522 g/mol. The van der Waals surface area contributed by atoms with Crippen molar-refractivity contribution < 1.29 is 9.13 Å². The zero-order chi connectivity index (χ0) is 25.4. The Hall–Kier alpha value is -3.43. The van der Waals surface area contributed by atoms with Crippen molar-refractivity contribution in [3.63, 3.8) is 0 Å². The standard InChI is InChI=1S/C27H29ClFN7O/c28-22-9-8-19(29)12-23(22)34-27(30)21-14-32-35-15-17(11-24(35)26(21)33-20-5-1-2-6-20)18-13-31-36(16-18)25-7-3-4-10-37-25/h8-9,11-16,20,25,33H,1-7,10H2,(H2,30,34). The minimum atomic E-state index is -0.427. The van der Waals surface area contributed by atoms with Crippen molar-refractivity contribution in [2.24, 2.45) is 10.7 Å². The summed E-state index contributed by atoms with van der Waals surface area (Å²) in [6.45, 7) is 0.767. The van der Waals surface area contributed by atoms with Crippen molar-refractivity contribution in [3.05, 3.63) is 65.5 Å². The highest BCUT2D eigenvalue weighted by Crippen LogP contribution is 2.33. The number of benzene rings is 1. The zero-order valence-electron chi connectivity index (χ0n) is 20.4. The third-order valence-corrected chi connectivity index (χ3v) is 7.47. The van der Waals surface area contributed by atoms with Gasteiger partial charge in [0.2, 0.25) is 0 Å². The lowest BCUT2D eigenvalue weighted by atomic mass is 10.1. The van der Waals surface area contributed by atoms with Gasteiger partial charge in [-0.15, -0.1) is 0 Å². The predicted octanol–water partition coefficient (Wildman–Crippen LogP) is 6.08. The first kappa shape index (κ1) is 23.9. The number of rotatable bonds is 6. The Morgan fingerprint density at radius 1 is 1.05 bits per heavy atom. The topological polar surface area (TPSA) is 94.8 Å². The van der Waals surface area contributed by atoms with E-state index >= 15 is 0 Å². The van der Waals surface area contributed by atoms with Crippen LogP contribution in [0.3, 0.4) is 0 Å². The van der Waals surface area contributed by atoms with Gasteiger partial charge < -0.3 is 15.8 Å². The summed E-state index contributed by atoms with van der Waals surface area (Å²) in [4.78, 5) is 4.46. The molecule has 192 valence electrons. The number of aromatic nitrogens is 4. The number of anilines is 1. The van der Waals surface area contributed by atoms with Gasteiger partial charge in [0, 0.05) is 42.2 Å². The lowest BCUT2D eigenvalue weighted by Crippen LogP contribution is -2.22. The zero-order valence-corrected chi connectivity index (χ0v) is 21.2. The molecule has 0 amide bonds. The van der Waals surface area contributed by atoms with E-state index in [1.165, 1.54) is 31.0 Å². The molecule has 8 nitrogen and oxygen atoms in total. The minimum absolute atomic E-state index is 0.0190. The third-order valence-electron chi connectivity index (χ3n) is 7.15. The molecule has 10 heteroatoms. The SMILES string of the molecule is N/C(=N\c1cc(F)ccc1Cl)c1cnn2cc(-c3cnn(C4CCCCO4)c3)cc2c1NC1CCCC1. The first-order chi connectivity index (χ1) is 18.0. The van der Waals surface area contributed by atoms with Gasteiger partial charge in [-0.3, -0.25) is 0 Å². The molecule has 2 fully saturated rings. The molecule has 0 bridgehead atoms. The van der Waals surface area contributed by atoms with Crippen LogP contribution in [0.15, 0.2) is 54.0 Å². The van der Waals surface area contributed by atoms with Crippen LogP contribution in [-0.4, -0.2) is 37.9 Å². The third kappa shape index (κ3) is 4.93. The summed E-state index contributed by atoms with van der Waals surface area (Å²) in [6.07, 6.45) is 15.3. The van der Waals surface area contributed by atoms with Gasteiger partial charge in [-0.1, -0.05) is 24.4 Å². The Morgan fingerprint density at radius 2 is 1.89 bits per heavy atom. The van der Waals surface area contributed by atoms with Crippen LogP contribution in [0.2, 0.25) is 5.02 Å². The van der Waals surface area contributed by atoms with Gasteiger partial charge >= 0.3 is 0 Å². The van der Waals surface area contributed by atoms with E-state index in [1.54, 1.807) is 6.20 Å². The number of hydrogen-bond donors (Lipinski definition) is 2. The molecule has 1 aromatic carbocycles. The molecular formula is C27H29ClFN7O. The number of halogens is 2. The molecule has 3 N–H and O–H groups in total. The van der Waals surface area contributed by atoms with E-state index in [9.17, 15) is 4.39 Å². The number of hydrogen-bond acceptors (Lipinski definition) is 5. The van der Waals surface area contributed by atoms with Crippen LogP contribution in [0.25, 0.3) is 16.6 Å². The van der Waals surface area contributed by atoms with Crippen LogP contribution in [-0.2, 0) is 4.74 Å². The van der Waals surface area contributed by atoms with Crippen LogP contribution >= 0.6 is 11.6 Å². The number of nitrogens with zero attached hydrogens (tertiary/aromatic N) is 5. The number of nitrogens with two attached hydrogens (primary N) is 1. The smallest absolute Gasteiger partial charge is 0.150 e. The van der Waals surface area contributed by atoms with E-state index in [4.69, 9.17) is 22.1 Å². The van der Waals surface area contributed by atoms with E-state index < -0.39 is 5.82 Å². The Labute approximate surface area is 219 Å². The molecule has 0 radical (unpaired) electrons. The Bertz CT molecular complexity index is 1450. The lowest BCUT2D eigenvalue weighted by molar-refractivity contribution is -0.0394. The highest BCUT2D eigenvalue weighted by molar-refractivity contribution is 6.33. The molecule has 1 unspecified atom stereocenters. The second-order valence-electron chi connectivity index (χ2n) is 9.74. The maximum absolute atomic E-state index is 13.8. The molecule has 1 aliphatic carbocycles. The molecule has 1 atom stereocenters. The molecule has 2 aliphatic rings. The summed E-state index contributed by atoms with van der Waals surface area (Å²) < 4.78 is 23.5. The van der Waals surface area contributed by atoms with Gasteiger partial charge in [0.05, 0.1) is 39.9 Å². The first-order valence-electron chi connectivity index (χ1n) is 12.8. The van der Waals surface area contributed by atoms with E-state index in [0.717, 1.165) is 61.0 Å². The van der Waals surface area contributed by atoms with Gasteiger partial charge in [-0.25, -0.2) is 18.6 Å². The van der Waals surface area contributed by atoms with Crippen molar-refractivity contribution in [2.75, 3.05) is 11.9 Å². The lowest BCUT2D eigenvalue weighted by Gasteiger charge is -2.22. The minimum Gasteiger partial charge on any atom is -0.383 e. The maximum atomic E-state index is 13.8. The summed E-state index contributed by atoms with van der Waals surface area (Å²) in [6, 6.07) is 6.45. The fourth-order valence-electron chi connectivity index (χ4n) is 5.17. The summed E-state index contributed by atoms with van der Waals surface area (Å²) >= 11 is 6.25. The maximum Gasteiger partial charge on any atom is 0.150 e. The molecule has 0 spiro atoms. The van der Waals surface area contributed by atoms with Crippen molar-refractivity contribution in [2.45, 2.75) is 57.2 Å². The van der Waals surface area contributed by atoms with Crippen molar-refractivity contribution >= 4 is 34.3 Å². The van der Waals surface area contributed by atoms with Crippen molar-refractivity contribution in [3.8, 4) is 11.1 Å². The number of aliphatic imine (C=N–C) groups is 1. The van der Waals surface area contributed by atoms with Gasteiger partial charge in [-0.05, 0) is 50.3 Å². The molecule has 6 rings (SSSR count). The van der Waals surface area contributed by atoms with E-state index in [2.05, 4.69) is 26.6 Å². The fourth-order valence-corrected chi connectivity index (χ4v) is 5.33. The van der Waals surface area contributed by atoms with Crippen LogP contribution in [0, 0.1) is 5.82 Å². The largest absolute Gasteiger partial charge is 0.383 e. The first-order valence-corrected chi connectivity index (χ1v) is 13.2. The molecule has 1 saturated heterocycles. The monoisotopic (exact) mass is 521 g/mol. The van der Waals surface area contributed by atoms with Crippen LogP contribution in [0.1, 0.15) is 56.7 Å². The van der Waals surface area contributed by atoms with Crippen LogP contribution < -0.4 is 11.1 Å². The molecule has 3 aromatic heterocycles. The van der Waals surface area contributed by atoms with Gasteiger partial charge in [0.15, 0.2) is 0 Å². The predicted molar refractivity (Wildman–Crippen MR) is 143 cm³/mol. The second-order valence-corrected chi connectivity index (χ2v) is 10.1. The van der Waals surface area contributed by atoms with Crippen LogP contribution in [0.5, 0.6) is 0 Å². The van der Waals surface area contributed by atoms with Gasteiger partial charge in [0.1, 0.15) is 17.9 Å². The summed E-state index contributed by atoms with van der Waals surface area (Å²) in [5.74, 6) is -0.211. The second kappa shape index (κ2) is 10.1. The fraction of sp³-hybridized carbons (Fsp3) is 0.370. The molecule has 4 aromatic rings. The number of fused-ring (bicyclic) bond motifs is 1. The van der Waals surface area contributed by atoms with Gasteiger partial charge in [0.25, 0.3) is 0 Å². The molecule has 37 heavy (non-hydrogen) atoms. The highest BCUT2D eigenvalue weighted by Gasteiger charge is 2.22.